The summed E-state index contributed by atoms with van der Waals surface area (Å²) in [7, 11) is 0.632. The topological polar surface area (TPSA) is 44.8 Å². The van der Waals surface area contributed by atoms with Gasteiger partial charge >= 0.3 is 0 Å². The van der Waals surface area contributed by atoms with Crippen LogP contribution in [0.4, 0.5) is 45.5 Å². The molecule has 436 valence electrons. The summed E-state index contributed by atoms with van der Waals surface area (Å²) in [6.45, 7) is 21.8. The van der Waals surface area contributed by atoms with Gasteiger partial charge in [0.25, 0.3) is 0 Å². The monoisotopic (exact) mass is 1160 g/mol. The zero-order chi connectivity index (χ0) is 60.7. The molecule has 5 nitrogen and oxygen atoms in total. The average Bonchev–Trinajstić information content (AvgIpc) is 1.71. The Bertz CT molecular complexity index is 4920. The van der Waals surface area contributed by atoms with Gasteiger partial charge in [0.1, 0.15) is 16.7 Å². The molecule has 89 heavy (non-hydrogen) atoms. The Kier molecular flexibility index (Phi) is 12.5. The van der Waals surface area contributed by atoms with Crippen molar-refractivity contribution in [2.24, 2.45) is 0 Å². The van der Waals surface area contributed by atoms with Crippen molar-refractivity contribution in [2.45, 2.75) is 110 Å². The van der Waals surface area contributed by atoms with E-state index in [1.165, 1.54) is 55.6 Å². The van der Waals surface area contributed by atoms with E-state index >= 15 is 0 Å². The van der Waals surface area contributed by atoms with Crippen LogP contribution in [0.15, 0.2) is 233 Å². The summed E-state index contributed by atoms with van der Waals surface area (Å²) in [6, 6.07) is 83.1. The lowest BCUT2D eigenvalue weighted by Gasteiger charge is -2.43. The van der Waals surface area contributed by atoms with Crippen molar-refractivity contribution >= 4 is 108 Å². The van der Waals surface area contributed by atoms with Crippen LogP contribution in [0.2, 0.25) is 0 Å². The normalized spacial score (nSPS) is 15.9. The maximum absolute atomic E-state index is 7.36. The van der Waals surface area contributed by atoms with E-state index in [0.717, 1.165) is 132 Å². The number of hydrogen-bond donors (Lipinski definition) is 1. The number of hydrogen-bond acceptors (Lipinski definition) is 5. The number of para-hydroxylation sites is 2. The highest BCUT2D eigenvalue weighted by atomic mass is 16.3. The number of anilines is 8. The highest BCUT2D eigenvalue weighted by Gasteiger charge is 2.41. The standard InChI is InChI=1S/C83H74BN3O2/c1-51-44-66-68(83(8,9)43-42-81(66,4)5)50-71(51)87-70-38-35-59(86(57-28-20-26-54(45-57)52-22-12-10-13-23-52)58-29-21-27-55(46-58)53-24-14-11-15-25-53)48-69(70)84-76-63(49-64-60-30-16-18-32-72(60)89-79(64)78(76)87)61-36-39-74-75(62-31-17-19-33-73(62)88-74)77(61)85-56-34-37-65-67(47-56)82(6,7)41-40-80(65,2)3/h10-39,44-50,84-85H,40-43H2,1-9H3. The van der Waals surface area contributed by atoms with Gasteiger partial charge in [-0.15, -0.1) is 0 Å². The van der Waals surface area contributed by atoms with Gasteiger partial charge in [0.2, 0.25) is 0 Å². The number of benzene rings is 11. The van der Waals surface area contributed by atoms with E-state index in [1.54, 1.807) is 0 Å². The third-order valence-corrected chi connectivity index (χ3v) is 20.7. The van der Waals surface area contributed by atoms with E-state index in [1.807, 2.05) is 0 Å². The zero-order valence-electron chi connectivity index (χ0n) is 52.6. The second kappa shape index (κ2) is 20.3. The largest absolute Gasteiger partial charge is 0.456 e. The van der Waals surface area contributed by atoms with Gasteiger partial charge in [0.15, 0.2) is 12.9 Å². The van der Waals surface area contributed by atoms with Gasteiger partial charge in [0, 0.05) is 55.8 Å². The van der Waals surface area contributed by atoms with Crippen LogP contribution in [0.3, 0.4) is 0 Å². The molecule has 1 aliphatic heterocycles. The van der Waals surface area contributed by atoms with Gasteiger partial charge in [-0.3, -0.25) is 0 Å². The Hall–Kier alpha value is -9.52. The molecule has 0 atom stereocenters. The highest BCUT2D eigenvalue weighted by Crippen LogP contribution is 2.54. The molecule has 2 aliphatic carbocycles. The van der Waals surface area contributed by atoms with Crippen molar-refractivity contribution in [3.8, 4) is 33.4 Å². The zero-order valence-corrected chi connectivity index (χ0v) is 52.6. The molecule has 0 saturated heterocycles. The number of rotatable bonds is 9. The second-order valence-corrected chi connectivity index (χ2v) is 28.3. The summed E-state index contributed by atoms with van der Waals surface area (Å²) >= 11 is 0. The van der Waals surface area contributed by atoms with Crippen LogP contribution in [0, 0.1) is 6.92 Å². The van der Waals surface area contributed by atoms with Crippen LogP contribution in [0.5, 0.6) is 0 Å². The van der Waals surface area contributed by atoms with Gasteiger partial charge in [-0.1, -0.05) is 194 Å². The molecule has 0 fully saturated rings. The maximum atomic E-state index is 7.36. The van der Waals surface area contributed by atoms with Crippen LogP contribution >= 0.6 is 0 Å². The Morgan fingerprint density at radius 2 is 0.966 bits per heavy atom. The predicted molar refractivity (Wildman–Crippen MR) is 378 cm³/mol. The quantitative estimate of drug-likeness (QED) is 0.146. The summed E-state index contributed by atoms with van der Waals surface area (Å²) < 4.78 is 14.2. The molecule has 3 aliphatic rings. The van der Waals surface area contributed by atoms with E-state index < -0.39 is 0 Å². The SMILES string of the molecule is Cc1cc2c(cc1N1c3ccc(N(c4cccc(-c5ccccc5)c4)c4cccc(-c5ccccc5)c4)cc3Bc3c(-c4ccc5oc6ccccc6c5c4Nc4ccc5c(c4)C(C)(C)CCC5(C)C)cc4c(oc5ccccc54)c31)C(C)(C)CCC2(C)C. The Labute approximate surface area is 523 Å². The lowest BCUT2D eigenvalue weighted by Crippen LogP contribution is -2.42. The molecule has 0 amide bonds. The fourth-order valence-electron chi connectivity index (χ4n) is 15.5. The van der Waals surface area contributed by atoms with Crippen molar-refractivity contribution in [1.29, 1.82) is 0 Å². The van der Waals surface area contributed by atoms with E-state index in [2.05, 4.69) is 302 Å². The van der Waals surface area contributed by atoms with Gasteiger partial charge in [-0.05, 0) is 206 Å². The van der Waals surface area contributed by atoms with E-state index in [0.29, 0.717) is 7.28 Å². The molecule has 0 spiro atoms. The molecule has 1 N–H and O–H groups in total. The second-order valence-electron chi connectivity index (χ2n) is 28.3. The lowest BCUT2D eigenvalue weighted by atomic mass is 9.57. The molecular formula is C83H74BN3O2. The lowest BCUT2D eigenvalue weighted by molar-refractivity contribution is 0.332. The van der Waals surface area contributed by atoms with Crippen molar-refractivity contribution in [2.75, 3.05) is 15.1 Å². The molecule has 3 heterocycles. The van der Waals surface area contributed by atoms with Gasteiger partial charge < -0.3 is 24.0 Å². The first-order chi connectivity index (χ1) is 43.0. The number of furan rings is 2. The summed E-state index contributed by atoms with van der Waals surface area (Å²) in [5.74, 6) is 0. The summed E-state index contributed by atoms with van der Waals surface area (Å²) in [5, 5.41) is 8.52. The van der Waals surface area contributed by atoms with Gasteiger partial charge in [0.05, 0.1) is 16.8 Å². The van der Waals surface area contributed by atoms with Crippen molar-refractivity contribution in [1.82, 2.24) is 0 Å². The number of nitrogens with one attached hydrogen (secondary N) is 1. The molecule has 0 radical (unpaired) electrons. The first-order valence-electron chi connectivity index (χ1n) is 32.0. The smallest absolute Gasteiger partial charge is 0.198 e. The predicted octanol–water partition coefficient (Wildman–Crippen LogP) is 21.9. The Morgan fingerprint density at radius 3 is 1.62 bits per heavy atom. The molecule has 0 unspecified atom stereocenters. The molecule has 0 bridgehead atoms. The third-order valence-electron chi connectivity index (χ3n) is 20.7. The molecule has 13 aromatic rings. The third kappa shape index (κ3) is 9.03. The minimum atomic E-state index is -0.0385. The summed E-state index contributed by atoms with van der Waals surface area (Å²) in [4.78, 5) is 5.06. The van der Waals surface area contributed by atoms with Crippen LogP contribution in [-0.4, -0.2) is 7.28 Å². The number of fused-ring (bicyclic) bond motifs is 11. The fraction of sp³-hybridized carbons (Fsp3) is 0.205. The van der Waals surface area contributed by atoms with Crippen LogP contribution in [-0.2, 0) is 21.7 Å². The minimum absolute atomic E-state index is 0.0205. The Balaban J connectivity index is 0.981. The van der Waals surface area contributed by atoms with E-state index in [-0.39, 0.29) is 21.7 Å². The molecular weight excluding hydrogens is 1080 g/mol. The molecule has 6 heteroatoms. The average molecular weight is 1160 g/mol. The molecule has 2 aromatic heterocycles. The van der Waals surface area contributed by atoms with Gasteiger partial charge in [-0.2, -0.15) is 0 Å². The number of aryl methyl sites for hydroxylation is 1. The van der Waals surface area contributed by atoms with Crippen LogP contribution in [0.25, 0.3) is 77.3 Å². The van der Waals surface area contributed by atoms with Crippen molar-refractivity contribution in [3.05, 3.63) is 252 Å². The highest BCUT2D eigenvalue weighted by molar-refractivity contribution is 6.74. The van der Waals surface area contributed by atoms with Gasteiger partial charge in [-0.25, -0.2) is 0 Å². The molecule has 0 saturated carbocycles. The molecule has 16 rings (SSSR count). The first-order valence-corrected chi connectivity index (χ1v) is 32.0. The summed E-state index contributed by atoms with van der Waals surface area (Å²) in [5.41, 5.74) is 28.6. The Morgan fingerprint density at radius 1 is 0.416 bits per heavy atom. The van der Waals surface area contributed by atoms with Crippen molar-refractivity contribution < 1.29 is 8.83 Å². The fourth-order valence-corrected chi connectivity index (χ4v) is 15.5. The van der Waals surface area contributed by atoms with Crippen LogP contribution in [0.1, 0.15) is 109 Å². The molecule has 11 aromatic carbocycles. The van der Waals surface area contributed by atoms with E-state index in [9.17, 15) is 0 Å². The van der Waals surface area contributed by atoms with Crippen LogP contribution < -0.4 is 26.0 Å². The summed E-state index contributed by atoms with van der Waals surface area (Å²) in [6.07, 6.45) is 4.53. The first kappa shape index (κ1) is 54.8. The van der Waals surface area contributed by atoms with E-state index in [4.69, 9.17) is 8.83 Å². The maximum Gasteiger partial charge on any atom is 0.198 e. The minimum Gasteiger partial charge on any atom is -0.456 e. The van der Waals surface area contributed by atoms with Crippen molar-refractivity contribution in [3.63, 3.8) is 0 Å². The number of nitrogens with zero attached hydrogens (tertiary/aromatic N) is 2.